The molecule has 0 rings (SSSR count). The van der Waals surface area contributed by atoms with E-state index in [0.29, 0.717) is 5.70 Å². The highest BCUT2D eigenvalue weighted by atomic mass is 16.6. The average Bonchev–Trinajstić information content (AvgIpc) is 1.97. The molecule has 0 aliphatic rings. The second-order valence-corrected chi connectivity index (χ2v) is 3.06. The van der Waals surface area contributed by atoms with Gasteiger partial charge < -0.3 is 10.2 Å². The van der Waals surface area contributed by atoms with E-state index in [4.69, 9.17) is 9.94 Å². The van der Waals surface area contributed by atoms with Crippen molar-refractivity contribution in [2.75, 3.05) is 6.61 Å². The number of nitrogens with one attached hydrogen (secondary N) is 1. The number of carbonyl (C=O) groups is 1. The Hall–Kier alpha value is -1.07. The molecule has 0 saturated heterocycles. The van der Waals surface area contributed by atoms with Gasteiger partial charge in [-0.05, 0) is 13.8 Å². The van der Waals surface area contributed by atoms with Crippen molar-refractivity contribution in [2.45, 2.75) is 25.9 Å². The van der Waals surface area contributed by atoms with Crippen LogP contribution in [-0.4, -0.2) is 28.4 Å². The van der Waals surface area contributed by atoms with Crippen LogP contribution in [0.4, 0.5) is 0 Å². The summed E-state index contributed by atoms with van der Waals surface area (Å²) in [5.41, 5.74) is 1.34. The molecule has 0 fully saturated rings. The van der Waals surface area contributed by atoms with Crippen molar-refractivity contribution in [3.8, 4) is 0 Å². The van der Waals surface area contributed by atoms with E-state index in [9.17, 15) is 9.90 Å². The Morgan fingerprint density at radius 2 is 2.23 bits per heavy atom. The third-order valence-electron chi connectivity index (χ3n) is 1.40. The maximum atomic E-state index is 10.4. The van der Waals surface area contributed by atoms with Crippen LogP contribution < -0.4 is 5.48 Å². The Morgan fingerprint density at radius 1 is 1.69 bits per heavy atom. The van der Waals surface area contributed by atoms with Gasteiger partial charge in [-0.3, -0.25) is 10.3 Å². The quantitative estimate of drug-likeness (QED) is 0.413. The number of rotatable bonds is 6. The van der Waals surface area contributed by atoms with E-state index in [0.717, 1.165) is 0 Å². The molecule has 5 heteroatoms. The Kier molecular flexibility index (Phi) is 4.44. The van der Waals surface area contributed by atoms with E-state index < -0.39 is 11.6 Å². The topological polar surface area (TPSA) is 78.8 Å². The van der Waals surface area contributed by atoms with E-state index in [1.807, 2.05) is 0 Å². The molecule has 5 nitrogen and oxygen atoms in total. The predicted molar refractivity (Wildman–Crippen MR) is 46.8 cm³/mol. The Bertz CT molecular complexity index is 200. The maximum absolute atomic E-state index is 10.4. The van der Waals surface area contributed by atoms with Crippen LogP contribution in [0.5, 0.6) is 0 Å². The lowest BCUT2D eigenvalue weighted by Gasteiger charge is -2.17. The van der Waals surface area contributed by atoms with Gasteiger partial charge in [0.05, 0.1) is 6.61 Å². The van der Waals surface area contributed by atoms with E-state index >= 15 is 0 Å². The van der Waals surface area contributed by atoms with E-state index in [-0.39, 0.29) is 13.0 Å². The molecule has 1 atom stereocenters. The Balaban J connectivity index is 3.64. The second-order valence-electron chi connectivity index (χ2n) is 3.06. The lowest BCUT2D eigenvalue weighted by atomic mass is 10.0. The summed E-state index contributed by atoms with van der Waals surface area (Å²) in [6, 6.07) is 0. The van der Waals surface area contributed by atoms with Gasteiger partial charge in [-0.1, -0.05) is 6.58 Å². The summed E-state index contributed by atoms with van der Waals surface area (Å²) in [5, 5.41) is 17.7. The highest BCUT2D eigenvalue weighted by molar-refractivity contribution is 5.76. The number of carboxylic acids is 1. The van der Waals surface area contributed by atoms with E-state index in [1.54, 1.807) is 6.92 Å². The van der Waals surface area contributed by atoms with Gasteiger partial charge in [0, 0.05) is 12.1 Å². The fourth-order valence-electron chi connectivity index (χ4n) is 0.531. The molecule has 0 heterocycles. The molecule has 0 aromatic carbocycles. The second kappa shape index (κ2) is 4.84. The minimum atomic E-state index is -1.74. The molecule has 0 aliphatic carbocycles. The van der Waals surface area contributed by atoms with E-state index in [2.05, 4.69) is 12.1 Å². The largest absolute Gasteiger partial charge is 0.479 e. The summed E-state index contributed by atoms with van der Waals surface area (Å²) in [6.45, 7) is 6.54. The first kappa shape index (κ1) is 11.9. The van der Waals surface area contributed by atoms with Gasteiger partial charge in [-0.2, -0.15) is 0 Å². The van der Waals surface area contributed by atoms with Crippen molar-refractivity contribution in [2.24, 2.45) is 0 Å². The number of carboxylic acid groups (broad SMARTS) is 1. The lowest BCUT2D eigenvalue weighted by molar-refractivity contribution is -0.158. The summed E-state index contributed by atoms with van der Waals surface area (Å²) < 4.78 is 0. The molecular weight excluding hydrogens is 174 g/mol. The van der Waals surface area contributed by atoms with Crippen molar-refractivity contribution in [1.82, 2.24) is 5.48 Å². The Labute approximate surface area is 77.0 Å². The van der Waals surface area contributed by atoms with Crippen molar-refractivity contribution in [1.29, 1.82) is 0 Å². The summed E-state index contributed by atoms with van der Waals surface area (Å²) in [6.07, 6.45) is 0.0165. The monoisotopic (exact) mass is 189 g/mol. The van der Waals surface area contributed by atoms with Crippen LogP contribution in [0.15, 0.2) is 12.3 Å². The number of hydrogen-bond donors (Lipinski definition) is 3. The molecule has 3 N–H and O–H groups in total. The van der Waals surface area contributed by atoms with Crippen molar-refractivity contribution >= 4 is 5.97 Å². The van der Waals surface area contributed by atoms with Crippen LogP contribution in [0, 0.1) is 0 Å². The molecule has 0 bridgehead atoms. The summed E-state index contributed by atoms with van der Waals surface area (Å²) >= 11 is 0. The van der Waals surface area contributed by atoms with Crippen LogP contribution in [0.2, 0.25) is 0 Å². The minimum absolute atomic E-state index is 0.0165. The van der Waals surface area contributed by atoms with Crippen molar-refractivity contribution < 1.29 is 19.8 Å². The molecule has 0 spiro atoms. The third kappa shape index (κ3) is 5.21. The van der Waals surface area contributed by atoms with Gasteiger partial charge in [-0.25, -0.2) is 4.79 Å². The molecule has 0 aliphatic heterocycles. The van der Waals surface area contributed by atoms with Crippen LogP contribution >= 0.6 is 0 Å². The Morgan fingerprint density at radius 3 is 2.62 bits per heavy atom. The predicted octanol–water partition coefficient (Wildman–Crippen LogP) is 0.267. The average molecular weight is 189 g/mol. The molecule has 76 valence electrons. The number of aliphatic hydroxyl groups is 1. The van der Waals surface area contributed by atoms with Gasteiger partial charge >= 0.3 is 5.97 Å². The van der Waals surface area contributed by atoms with Gasteiger partial charge in [-0.15, -0.1) is 0 Å². The molecule has 0 aromatic heterocycles. The van der Waals surface area contributed by atoms with Crippen LogP contribution in [-0.2, 0) is 9.63 Å². The first-order valence-electron chi connectivity index (χ1n) is 3.85. The lowest BCUT2D eigenvalue weighted by Crippen LogP contribution is -2.36. The molecule has 1 unspecified atom stereocenters. The van der Waals surface area contributed by atoms with Crippen molar-refractivity contribution in [3.63, 3.8) is 0 Å². The standard InChI is InChI=1S/C8H15NO4/c1-6(2)9-13-5-4-8(3,12)7(10)11/h9,12H,1,4-5H2,2-3H3,(H,10,11). The zero-order chi connectivity index (χ0) is 10.5. The molecule has 0 amide bonds. The first-order chi connectivity index (χ1) is 5.86. The zero-order valence-corrected chi connectivity index (χ0v) is 7.83. The van der Waals surface area contributed by atoms with Gasteiger partial charge in [0.2, 0.25) is 0 Å². The minimum Gasteiger partial charge on any atom is -0.479 e. The fraction of sp³-hybridized carbons (Fsp3) is 0.625. The molecule has 0 radical (unpaired) electrons. The third-order valence-corrected chi connectivity index (χ3v) is 1.40. The number of allylic oxidation sites excluding steroid dienone is 1. The number of hydrogen-bond acceptors (Lipinski definition) is 4. The van der Waals surface area contributed by atoms with Crippen LogP contribution in [0.3, 0.4) is 0 Å². The van der Waals surface area contributed by atoms with E-state index in [1.165, 1.54) is 6.92 Å². The summed E-state index contributed by atoms with van der Waals surface area (Å²) in [5.74, 6) is -1.26. The van der Waals surface area contributed by atoms with Gasteiger partial charge in [0.1, 0.15) is 0 Å². The summed E-state index contributed by atoms with van der Waals surface area (Å²) in [4.78, 5) is 15.2. The SMILES string of the molecule is C=C(C)NOCCC(C)(O)C(=O)O. The zero-order valence-electron chi connectivity index (χ0n) is 7.83. The van der Waals surface area contributed by atoms with Gasteiger partial charge in [0.15, 0.2) is 5.60 Å². The molecule has 0 aromatic rings. The molecular formula is C8H15NO4. The normalized spacial score (nSPS) is 14.7. The number of hydroxylamine groups is 1. The summed E-state index contributed by atoms with van der Waals surface area (Å²) in [7, 11) is 0. The maximum Gasteiger partial charge on any atom is 0.335 e. The smallest absolute Gasteiger partial charge is 0.335 e. The fourth-order valence-corrected chi connectivity index (χ4v) is 0.531. The molecule has 13 heavy (non-hydrogen) atoms. The van der Waals surface area contributed by atoms with Crippen molar-refractivity contribution in [3.05, 3.63) is 12.3 Å². The van der Waals surface area contributed by atoms with Gasteiger partial charge in [0.25, 0.3) is 0 Å². The van der Waals surface area contributed by atoms with Crippen LogP contribution in [0.1, 0.15) is 20.3 Å². The van der Waals surface area contributed by atoms with Crippen LogP contribution in [0.25, 0.3) is 0 Å². The first-order valence-corrected chi connectivity index (χ1v) is 3.85. The highest BCUT2D eigenvalue weighted by Crippen LogP contribution is 2.08. The highest BCUT2D eigenvalue weighted by Gasteiger charge is 2.29. The number of aliphatic carboxylic acids is 1. The molecule has 0 saturated carbocycles.